The van der Waals surface area contributed by atoms with E-state index in [4.69, 9.17) is 4.74 Å². The molecule has 0 aromatic carbocycles. The molecule has 6 nitrogen and oxygen atoms in total. The highest BCUT2D eigenvalue weighted by Gasteiger charge is 2.23. The molecule has 2 N–H and O–H groups in total. The third kappa shape index (κ3) is 3.37. The molecule has 1 aliphatic rings. The number of aromatic nitrogens is 2. The minimum Gasteiger partial charge on any atom is -0.394 e. The van der Waals surface area contributed by atoms with E-state index in [0.29, 0.717) is 13.2 Å². The van der Waals surface area contributed by atoms with Crippen molar-refractivity contribution in [1.29, 1.82) is 0 Å². The molecule has 0 spiro atoms. The van der Waals surface area contributed by atoms with Crippen LogP contribution in [-0.2, 0) is 11.2 Å². The maximum atomic E-state index is 9.26. The first-order valence-corrected chi connectivity index (χ1v) is 7.35. The van der Waals surface area contributed by atoms with Crippen LogP contribution in [0.4, 0.5) is 11.6 Å². The van der Waals surface area contributed by atoms with Gasteiger partial charge in [-0.1, -0.05) is 13.8 Å². The van der Waals surface area contributed by atoms with Gasteiger partial charge in [-0.3, -0.25) is 0 Å². The summed E-state index contributed by atoms with van der Waals surface area (Å²) in [6.07, 6.45) is 3.42. The number of aliphatic hydroxyl groups is 1. The fraction of sp³-hybridized carbons (Fsp3) is 0.714. The molecule has 0 aliphatic carbocycles. The Bertz CT molecular complexity index is 428. The summed E-state index contributed by atoms with van der Waals surface area (Å²) in [5, 5.41) is 12.6. The second-order valence-corrected chi connectivity index (χ2v) is 4.93. The summed E-state index contributed by atoms with van der Waals surface area (Å²) < 4.78 is 5.50. The Hall–Kier alpha value is -1.40. The molecule has 1 aromatic rings. The molecule has 1 unspecified atom stereocenters. The molecule has 1 aliphatic heterocycles. The van der Waals surface area contributed by atoms with Crippen LogP contribution >= 0.6 is 0 Å². The third-order valence-electron chi connectivity index (χ3n) is 3.46. The van der Waals surface area contributed by atoms with Gasteiger partial charge in [0.1, 0.15) is 18.0 Å². The fourth-order valence-electron chi connectivity index (χ4n) is 2.42. The zero-order valence-electron chi connectivity index (χ0n) is 12.3. The molecule has 20 heavy (non-hydrogen) atoms. The van der Waals surface area contributed by atoms with Gasteiger partial charge in [-0.15, -0.1) is 0 Å². The van der Waals surface area contributed by atoms with Gasteiger partial charge in [0.15, 0.2) is 0 Å². The van der Waals surface area contributed by atoms with Crippen LogP contribution in [-0.4, -0.2) is 54.0 Å². The Kier molecular flexibility index (Phi) is 5.55. The summed E-state index contributed by atoms with van der Waals surface area (Å²) >= 11 is 0. The van der Waals surface area contributed by atoms with E-state index in [2.05, 4.69) is 34.0 Å². The van der Waals surface area contributed by atoms with Crippen molar-refractivity contribution < 1.29 is 9.84 Å². The predicted octanol–water partition coefficient (Wildman–Crippen LogP) is 1.06. The maximum absolute atomic E-state index is 9.26. The van der Waals surface area contributed by atoms with Gasteiger partial charge in [0.25, 0.3) is 0 Å². The number of hydrogen-bond donors (Lipinski definition) is 2. The number of anilines is 2. The number of nitrogens with zero attached hydrogens (tertiary/aromatic N) is 3. The van der Waals surface area contributed by atoms with Gasteiger partial charge in [-0.2, -0.15) is 0 Å². The minimum atomic E-state index is -0.129. The second-order valence-electron chi connectivity index (χ2n) is 4.93. The molecule has 1 fully saturated rings. The highest BCUT2D eigenvalue weighted by Crippen LogP contribution is 2.25. The van der Waals surface area contributed by atoms with Crippen LogP contribution in [0.25, 0.3) is 0 Å². The van der Waals surface area contributed by atoms with Crippen molar-refractivity contribution in [1.82, 2.24) is 9.97 Å². The molecule has 2 rings (SSSR count). The average Bonchev–Trinajstić information content (AvgIpc) is 2.52. The van der Waals surface area contributed by atoms with Crippen molar-refractivity contribution in [3.05, 3.63) is 11.9 Å². The smallest absolute Gasteiger partial charge is 0.137 e. The zero-order chi connectivity index (χ0) is 14.4. The van der Waals surface area contributed by atoms with Crippen molar-refractivity contribution in [2.24, 2.45) is 0 Å². The molecule has 0 radical (unpaired) electrons. The topological polar surface area (TPSA) is 70.5 Å². The summed E-state index contributed by atoms with van der Waals surface area (Å²) in [5.41, 5.74) is 1.14. The number of aliphatic hydroxyl groups excluding tert-OH is 1. The number of ether oxygens (including phenoxy) is 1. The molecule has 2 heterocycles. The molecule has 1 aromatic heterocycles. The molecule has 6 heteroatoms. The molecule has 0 saturated carbocycles. The van der Waals surface area contributed by atoms with Crippen LogP contribution in [0.2, 0.25) is 0 Å². The Morgan fingerprint density at radius 3 is 3.00 bits per heavy atom. The number of nitrogens with one attached hydrogen (secondary N) is 1. The van der Waals surface area contributed by atoms with Crippen LogP contribution in [0.15, 0.2) is 6.33 Å². The van der Waals surface area contributed by atoms with Crippen molar-refractivity contribution in [3.8, 4) is 0 Å². The van der Waals surface area contributed by atoms with Crippen LogP contribution in [0.1, 0.15) is 25.8 Å². The van der Waals surface area contributed by atoms with E-state index in [9.17, 15) is 5.11 Å². The van der Waals surface area contributed by atoms with Gasteiger partial charge in [-0.25, -0.2) is 9.97 Å². The van der Waals surface area contributed by atoms with E-state index >= 15 is 0 Å². The number of rotatable bonds is 6. The Morgan fingerprint density at radius 1 is 1.45 bits per heavy atom. The average molecular weight is 280 g/mol. The maximum Gasteiger partial charge on any atom is 0.137 e. The van der Waals surface area contributed by atoms with E-state index in [1.54, 1.807) is 6.33 Å². The summed E-state index contributed by atoms with van der Waals surface area (Å²) in [6, 6.07) is 0. The number of morpholine rings is 1. The van der Waals surface area contributed by atoms with E-state index < -0.39 is 0 Å². The second kappa shape index (κ2) is 7.40. The van der Waals surface area contributed by atoms with E-state index in [1.165, 1.54) is 0 Å². The molecule has 1 atom stereocenters. The number of hydrogen-bond acceptors (Lipinski definition) is 6. The Balaban J connectivity index is 2.21. The summed E-state index contributed by atoms with van der Waals surface area (Å²) in [7, 11) is 0. The summed E-state index contributed by atoms with van der Waals surface area (Å²) in [5.74, 6) is 1.88. The lowest BCUT2D eigenvalue weighted by atomic mass is 10.1. The lowest BCUT2D eigenvalue weighted by Gasteiger charge is -2.34. The van der Waals surface area contributed by atoms with Crippen LogP contribution in [0, 0.1) is 0 Å². The van der Waals surface area contributed by atoms with Gasteiger partial charge in [0.05, 0.1) is 19.3 Å². The normalized spacial score (nSPS) is 19.1. The standard InChI is InChI=1S/C14H24N4O2/c1-3-5-15-13-12(4-2)14(17-10-16-13)18-6-7-20-11(8-18)9-19/h10-11,19H,3-9H2,1-2H3,(H,15,16,17). The largest absolute Gasteiger partial charge is 0.394 e. The van der Waals surface area contributed by atoms with Crippen molar-refractivity contribution >= 4 is 11.6 Å². The van der Waals surface area contributed by atoms with Gasteiger partial charge in [0, 0.05) is 25.2 Å². The van der Waals surface area contributed by atoms with Crippen molar-refractivity contribution in [3.63, 3.8) is 0 Å². The summed E-state index contributed by atoms with van der Waals surface area (Å²) in [4.78, 5) is 11.0. The molecular weight excluding hydrogens is 256 g/mol. The first-order chi connectivity index (χ1) is 9.80. The zero-order valence-corrected chi connectivity index (χ0v) is 12.3. The molecular formula is C14H24N4O2. The Labute approximate surface area is 120 Å². The lowest BCUT2D eigenvalue weighted by Crippen LogP contribution is -2.44. The fourth-order valence-corrected chi connectivity index (χ4v) is 2.42. The summed E-state index contributed by atoms with van der Waals surface area (Å²) in [6.45, 7) is 7.30. The van der Waals surface area contributed by atoms with Gasteiger partial charge < -0.3 is 20.1 Å². The van der Waals surface area contributed by atoms with Crippen LogP contribution < -0.4 is 10.2 Å². The first kappa shape index (κ1) is 15.0. The van der Waals surface area contributed by atoms with Crippen molar-refractivity contribution in [2.75, 3.05) is 43.1 Å². The van der Waals surface area contributed by atoms with Crippen molar-refractivity contribution in [2.45, 2.75) is 32.8 Å². The molecule has 1 saturated heterocycles. The van der Waals surface area contributed by atoms with Gasteiger partial charge >= 0.3 is 0 Å². The van der Waals surface area contributed by atoms with Crippen LogP contribution in [0.3, 0.4) is 0 Å². The minimum absolute atomic E-state index is 0.0456. The highest BCUT2D eigenvalue weighted by atomic mass is 16.5. The molecule has 0 amide bonds. The monoisotopic (exact) mass is 280 g/mol. The highest BCUT2D eigenvalue weighted by molar-refractivity contribution is 5.59. The molecule has 112 valence electrons. The van der Waals surface area contributed by atoms with E-state index in [0.717, 1.165) is 43.1 Å². The SMILES string of the molecule is CCCNc1ncnc(N2CCOC(CO)C2)c1CC. The van der Waals surface area contributed by atoms with Gasteiger partial charge in [0.2, 0.25) is 0 Å². The van der Waals surface area contributed by atoms with E-state index in [1.807, 2.05) is 0 Å². The van der Waals surface area contributed by atoms with Crippen LogP contribution in [0.5, 0.6) is 0 Å². The van der Waals surface area contributed by atoms with Gasteiger partial charge in [-0.05, 0) is 12.8 Å². The first-order valence-electron chi connectivity index (χ1n) is 7.35. The molecule has 0 bridgehead atoms. The quantitative estimate of drug-likeness (QED) is 0.812. The predicted molar refractivity (Wildman–Crippen MR) is 79.2 cm³/mol. The third-order valence-corrected chi connectivity index (χ3v) is 3.46. The van der Waals surface area contributed by atoms with E-state index in [-0.39, 0.29) is 12.7 Å². The Morgan fingerprint density at radius 2 is 2.30 bits per heavy atom. The lowest BCUT2D eigenvalue weighted by molar-refractivity contribution is 0.00332.